The first-order chi connectivity index (χ1) is 14.1. The lowest BCUT2D eigenvalue weighted by Gasteiger charge is -2.22. The molecule has 150 valence electrons. The Morgan fingerprint density at radius 1 is 1.14 bits per heavy atom. The molecule has 1 saturated heterocycles. The average molecular weight is 412 g/mol. The van der Waals surface area contributed by atoms with Crippen LogP contribution in [-0.4, -0.2) is 34.9 Å². The second-order valence-corrected chi connectivity index (χ2v) is 7.59. The molecular formula is C22H22ClN3O3. The Morgan fingerprint density at radius 2 is 1.90 bits per heavy atom. The summed E-state index contributed by atoms with van der Waals surface area (Å²) in [5, 5.41) is 9.25. The topological polar surface area (TPSA) is 73.2 Å². The fourth-order valence-corrected chi connectivity index (χ4v) is 3.68. The number of hydrogen-bond donors (Lipinski definition) is 1. The van der Waals surface area contributed by atoms with Crippen molar-refractivity contribution in [3.8, 4) is 11.3 Å². The molecule has 29 heavy (non-hydrogen) atoms. The van der Waals surface area contributed by atoms with E-state index in [0.29, 0.717) is 22.6 Å². The number of aromatic nitrogens is 2. The number of rotatable bonds is 5. The number of halogens is 1. The second-order valence-electron chi connectivity index (χ2n) is 7.16. The van der Waals surface area contributed by atoms with Crippen LogP contribution in [0.4, 0.5) is 0 Å². The molecule has 1 unspecified atom stereocenters. The highest BCUT2D eigenvalue weighted by Gasteiger charge is 2.17. The fourth-order valence-electron chi connectivity index (χ4n) is 3.55. The third kappa shape index (κ3) is 4.49. The molecule has 1 aromatic heterocycles. The largest absolute Gasteiger partial charge is 0.376 e. The van der Waals surface area contributed by atoms with E-state index in [4.69, 9.17) is 16.3 Å². The molecule has 7 heteroatoms. The van der Waals surface area contributed by atoms with Crippen LogP contribution >= 0.6 is 11.6 Å². The minimum Gasteiger partial charge on any atom is -0.376 e. The summed E-state index contributed by atoms with van der Waals surface area (Å²) in [6.07, 6.45) is 3.15. The average Bonchev–Trinajstić information content (AvgIpc) is 2.76. The lowest BCUT2D eigenvalue weighted by molar-refractivity contribution is -0.122. The van der Waals surface area contributed by atoms with Crippen LogP contribution in [0.2, 0.25) is 5.02 Å². The van der Waals surface area contributed by atoms with Crippen LogP contribution in [0.15, 0.2) is 53.3 Å². The molecule has 0 aliphatic carbocycles. The number of hydrogen-bond acceptors (Lipinski definition) is 4. The van der Waals surface area contributed by atoms with Gasteiger partial charge in [-0.15, -0.1) is 0 Å². The van der Waals surface area contributed by atoms with Crippen molar-refractivity contribution in [3.05, 3.63) is 63.9 Å². The fraction of sp³-hybridized carbons (Fsp3) is 0.318. The van der Waals surface area contributed by atoms with E-state index in [1.54, 1.807) is 24.3 Å². The Morgan fingerprint density at radius 3 is 2.62 bits per heavy atom. The van der Waals surface area contributed by atoms with Crippen LogP contribution in [0.1, 0.15) is 19.3 Å². The molecule has 6 nitrogen and oxygen atoms in total. The van der Waals surface area contributed by atoms with E-state index in [1.807, 2.05) is 24.3 Å². The molecule has 0 spiro atoms. The number of carbonyl (C=O) groups is 1. The van der Waals surface area contributed by atoms with Crippen LogP contribution in [-0.2, 0) is 16.1 Å². The van der Waals surface area contributed by atoms with E-state index < -0.39 is 0 Å². The summed E-state index contributed by atoms with van der Waals surface area (Å²) in [6.45, 7) is 1.04. The van der Waals surface area contributed by atoms with Gasteiger partial charge in [-0.05, 0) is 37.5 Å². The Balaban J connectivity index is 1.62. The minimum atomic E-state index is -0.289. The van der Waals surface area contributed by atoms with Gasteiger partial charge >= 0.3 is 0 Å². The Hall–Kier alpha value is -2.70. The number of fused-ring (bicyclic) bond motifs is 1. The van der Waals surface area contributed by atoms with Crippen LogP contribution in [0.25, 0.3) is 22.0 Å². The van der Waals surface area contributed by atoms with Gasteiger partial charge in [0.1, 0.15) is 6.54 Å². The van der Waals surface area contributed by atoms with Gasteiger partial charge < -0.3 is 10.1 Å². The molecule has 1 amide bonds. The third-order valence-corrected chi connectivity index (χ3v) is 5.33. The number of carbonyl (C=O) groups excluding carboxylic acids is 1. The first-order valence-electron chi connectivity index (χ1n) is 9.76. The van der Waals surface area contributed by atoms with Gasteiger partial charge in [-0.1, -0.05) is 41.9 Å². The molecule has 1 atom stereocenters. The van der Waals surface area contributed by atoms with E-state index >= 15 is 0 Å². The smallest absolute Gasteiger partial charge is 0.275 e. The van der Waals surface area contributed by atoms with E-state index in [-0.39, 0.29) is 24.1 Å². The first kappa shape index (κ1) is 19.6. The molecule has 1 N–H and O–H groups in total. The SMILES string of the molecule is O=C(Cn1nc(-c2ccc(Cl)cc2)c2ccccc2c1=O)NCC1CCCCO1. The van der Waals surface area contributed by atoms with Gasteiger partial charge in [-0.3, -0.25) is 9.59 Å². The molecule has 2 heterocycles. The summed E-state index contributed by atoms with van der Waals surface area (Å²) in [5.74, 6) is -0.258. The highest BCUT2D eigenvalue weighted by atomic mass is 35.5. The van der Waals surface area contributed by atoms with Crippen molar-refractivity contribution in [2.24, 2.45) is 0 Å². The molecular weight excluding hydrogens is 390 g/mol. The van der Waals surface area contributed by atoms with Crippen LogP contribution < -0.4 is 10.9 Å². The summed E-state index contributed by atoms with van der Waals surface area (Å²) in [5.41, 5.74) is 1.18. The molecule has 1 fully saturated rings. The number of nitrogens with zero attached hydrogens (tertiary/aromatic N) is 2. The van der Waals surface area contributed by atoms with Gasteiger partial charge in [0, 0.05) is 29.1 Å². The maximum absolute atomic E-state index is 12.9. The monoisotopic (exact) mass is 411 g/mol. The normalized spacial score (nSPS) is 16.7. The zero-order valence-electron chi connectivity index (χ0n) is 15.9. The predicted octanol–water partition coefficient (Wildman–Crippen LogP) is 3.40. The maximum Gasteiger partial charge on any atom is 0.275 e. The molecule has 1 aliphatic heterocycles. The first-order valence-corrected chi connectivity index (χ1v) is 10.1. The van der Waals surface area contributed by atoms with Crippen molar-refractivity contribution in [1.82, 2.24) is 15.1 Å². The van der Waals surface area contributed by atoms with Crippen LogP contribution in [0.5, 0.6) is 0 Å². The summed E-state index contributed by atoms with van der Waals surface area (Å²) < 4.78 is 6.86. The minimum absolute atomic E-state index is 0.0404. The number of nitrogens with one attached hydrogen (secondary N) is 1. The lowest BCUT2D eigenvalue weighted by atomic mass is 10.1. The zero-order chi connectivity index (χ0) is 20.2. The van der Waals surface area contributed by atoms with Gasteiger partial charge in [0.05, 0.1) is 17.2 Å². The van der Waals surface area contributed by atoms with Gasteiger partial charge in [0.2, 0.25) is 5.91 Å². The Kier molecular flexibility index (Phi) is 5.92. The number of ether oxygens (including phenoxy) is 1. The van der Waals surface area contributed by atoms with Crippen molar-refractivity contribution in [3.63, 3.8) is 0 Å². The van der Waals surface area contributed by atoms with Crippen LogP contribution in [0.3, 0.4) is 0 Å². The van der Waals surface area contributed by atoms with E-state index in [2.05, 4.69) is 10.4 Å². The lowest BCUT2D eigenvalue weighted by Crippen LogP contribution is -2.39. The Bertz CT molecular complexity index is 1070. The van der Waals surface area contributed by atoms with E-state index in [0.717, 1.165) is 36.8 Å². The third-order valence-electron chi connectivity index (χ3n) is 5.08. The predicted molar refractivity (Wildman–Crippen MR) is 113 cm³/mol. The van der Waals surface area contributed by atoms with Crippen molar-refractivity contribution < 1.29 is 9.53 Å². The molecule has 1 aliphatic rings. The molecule has 2 aromatic carbocycles. The quantitative estimate of drug-likeness (QED) is 0.698. The van der Waals surface area contributed by atoms with Gasteiger partial charge in [0.25, 0.3) is 5.56 Å². The van der Waals surface area contributed by atoms with Crippen LogP contribution in [0, 0.1) is 0 Å². The molecule has 4 rings (SSSR count). The van der Waals surface area contributed by atoms with Crippen molar-refractivity contribution in [2.45, 2.75) is 31.9 Å². The summed E-state index contributed by atoms with van der Waals surface area (Å²) in [4.78, 5) is 25.3. The zero-order valence-corrected chi connectivity index (χ0v) is 16.7. The van der Waals surface area contributed by atoms with Gasteiger partial charge in [-0.25, -0.2) is 4.68 Å². The molecule has 0 saturated carbocycles. The molecule has 0 bridgehead atoms. The van der Waals surface area contributed by atoms with E-state index in [9.17, 15) is 9.59 Å². The molecule has 3 aromatic rings. The van der Waals surface area contributed by atoms with Gasteiger partial charge in [0.15, 0.2) is 0 Å². The molecule has 0 radical (unpaired) electrons. The summed E-state index contributed by atoms with van der Waals surface area (Å²) in [7, 11) is 0. The van der Waals surface area contributed by atoms with Gasteiger partial charge in [-0.2, -0.15) is 5.10 Å². The second kappa shape index (κ2) is 8.76. The van der Waals surface area contributed by atoms with Crippen molar-refractivity contribution in [2.75, 3.05) is 13.2 Å². The Labute approximate surface area is 173 Å². The number of amides is 1. The number of benzene rings is 2. The summed E-state index contributed by atoms with van der Waals surface area (Å²) in [6, 6.07) is 14.5. The standard InChI is InChI=1S/C22H22ClN3O3/c23-16-10-8-15(9-11-16)21-18-6-1-2-7-19(18)22(28)26(25-21)14-20(27)24-13-17-5-3-4-12-29-17/h1-2,6-11,17H,3-5,12-14H2,(H,24,27). The highest BCUT2D eigenvalue weighted by Crippen LogP contribution is 2.25. The maximum atomic E-state index is 12.9. The van der Waals surface area contributed by atoms with E-state index in [1.165, 1.54) is 4.68 Å². The highest BCUT2D eigenvalue weighted by molar-refractivity contribution is 6.30. The van der Waals surface area contributed by atoms with Crippen molar-refractivity contribution >= 4 is 28.3 Å². The van der Waals surface area contributed by atoms with Crippen molar-refractivity contribution in [1.29, 1.82) is 0 Å². The summed E-state index contributed by atoms with van der Waals surface area (Å²) >= 11 is 6.00.